The second kappa shape index (κ2) is 6.90. The van der Waals surface area contributed by atoms with E-state index >= 15 is 0 Å². The first-order valence-electron chi connectivity index (χ1n) is 7.63. The molecule has 0 aliphatic carbocycles. The first kappa shape index (κ1) is 14.3. The van der Waals surface area contributed by atoms with E-state index in [1.807, 2.05) is 12.3 Å². The molecule has 1 aliphatic rings. The van der Waals surface area contributed by atoms with E-state index in [9.17, 15) is 0 Å². The molecule has 1 aromatic rings. The molecule has 2 heterocycles. The Kier molecular flexibility index (Phi) is 5.20. The highest BCUT2D eigenvalue weighted by Gasteiger charge is 2.20. The van der Waals surface area contributed by atoms with Crippen molar-refractivity contribution < 1.29 is 0 Å². The van der Waals surface area contributed by atoms with E-state index in [-0.39, 0.29) is 0 Å². The normalized spacial score (nSPS) is 17.2. The van der Waals surface area contributed by atoms with Crippen LogP contribution in [0.1, 0.15) is 45.6 Å². The molecule has 1 aliphatic heterocycles. The lowest BCUT2D eigenvalue weighted by Gasteiger charge is -2.33. The molecular weight excluding hydrogens is 234 g/mol. The zero-order valence-corrected chi connectivity index (χ0v) is 12.5. The molecule has 1 saturated heterocycles. The molecule has 2 rings (SSSR count). The Bertz CT molecular complexity index is 381. The Hall–Kier alpha value is -1.09. The van der Waals surface area contributed by atoms with E-state index in [2.05, 4.69) is 42.0 Å². The van der Waals surface area contributed by atoms with Crippen LogP contribution in [0.15, 0.2) is 18.3 Å². The van der Waals surface area contributed by atoms with Crippen molar-refractivity contribution in [3.63, 3.8) is 0 Å². The second-order valence-electron chi connectivity index (χ2n) is 5.86. The number of piperidine rings is 1. The first-order chi connectivity index (χ1) is 9.20. The maximum atomic E-state index is 4.62. The Morgan fingerprint density at radius 1 is 1.37 bits per heavy atom. The molecule has 3 nitrogen and oxygen atoms in total. The summed E-state index contributed by atoms with van der Waals surface area (Å²) in [5.41, 5.74) is 1.33. The summed E-state index contributed by atoms with van der Waals surface area (Å²) in [6, 6.07) is 4.75. The minimum Gasteiger partial charge on any atom is -0.356 e. The summed E-state index contributed by atoms with van der Waals surface area (Å²) in [7, 11) is 0. The van der Waals surface area contributed by atoms with Crippen LogP contribution >= 0.6 is 0 Å². The number of aromatic nitrogens is 1. The van der Waals surface area contributed by atoms with Crippen LogP contribution in [-0.2, 0) is 6.54 Å². The van der Waals surface area contributed by atoms with Gasteiger partial charge in [0.2, 0.25) is 0 Å². The van der Waals surface area contributed by atoms with E-state index in [0.29, 0.717) is 6.04 Å². The van der Waals surface area contributed by atoms with Crippen LogP contribution < -0.4 is 10.2 Å². The highest BCUT2D eigenvalue weighted by molar-refractivity contribution is 5.47. The number of nitrogens with zero attached hydrogens (tertiary/aromatic N) is 2. The third kappa shape index (κ3) is 3.93. The zero-order valence-electron chi connectivity index (χ0n) is 12.5. The van der Waals surface area contributed by atoms with Gasteiger partial charge in [-0.3, -0.25) is 0 Å². The third-order valence-corrected chi connectivity index (χ3v) is 4.06. The quantitative estimate of drug-likeness (QED) is 0.882. The third-order valence-electron chi connectivity index (χ3n) is 4.06. The number of nitrogens with one attached hydrogen (secondary N) is 1. The fraction of sp³-hybridized carbons (Fsp3) is 0.688. The molecule has 0 amide bonds. The summed E-state index contributed by atoms with van der Waals surface area (Å²) in [5, 5.41) is 3.49. The van der Waals surface area contributed by atoms with Crippen LogP contribution in [0, 0.1) is 5.92 Å². The summed E-state index contributed by atoms with van der Waals surface area (Å²) < 4.78 is 0. The Balaban J connectivity index is 2.03. The van der Waals surface area contributed by atoms with Gasteiger partial charge >= 0.3 is 0 Å². The molecule has 0 atom stereocenters. The standard InChI is InChI=1S/C16H27N3/c1-4-14-7-10-19(11-8-14)16-15(6-5-9-17-16)12-18-13(2)3/h5-6,9,13-14,18H,4,7-8,10-12H2,1-3H3. The van der Waals surface area contributed by atoms with Gasteiger partial charge in [0, 0.05) is 37.4 Å². The van der Waals surface area contributed by atoms with Crippen LogP contribution in [0.25, 0.3) is 0 Å². The fourth-order valence-corrected chi connectivity index (χ4v) is 2.72. The fourth-order valence-electron chi connectivity index (χ4n) is 2.72. The number of rotatable bonds is 5. The number of hydrogen-bond donors (Lipinski definition) is 1. The van der Waals surface area contributed by atoms with Crippen molar-refractivity contribution in [2.75, 3.05) is 18.0 Å². The van der Waals surface area contributed by atoms with Crippen molar-refractivity contribution in [3.8, 4) is 0 Å². The van der Waals surface area contributed by atoms with Crippen LogP contribution in [0.5, 0.6) is 0 Å². The molecule has 19 heavy (non-hydrogen) atoms. The lowest BCUT2D eigenvalue weighted by Crippen LogP contribution is -2.35. The maximum Gasteiger partial charge on any atom is 0.133 e. The molecule has 106 valence electrons. The van der Waals surface area contributed by atoms with Gasteiger partial charge < -0.3 is 10.2 Å². The van der Waals surface area contributed by atoms with E-state index in [1.165, 1.54) is 30.6 Å². The van der Waals surface area contributed by atoms with Crippen LogP contribution in [0.2, 0.25) is 0 Å². The lowest BCUT2D eigenvalue weighted by molar-refractivity contribution is 0.393. The summed E-state index contributed by atoms with van der Waals surface area (Å²) >= 11 is 0. The van der Waals surface area contributed by atoms with Crippen molar-refractivity contribution in [1.29, 1.82) is 0 Å². The molecule has 0 unspecified atom stereocenters. The van der Waals surface area contributed by atoms with Gasteiger partial charge in [-0.25, -0.2) is 4.98 Å². The molecule has 0 spiro atoms. The minimum absolute atomic E-state index is 0.513. The minimum atomic E-state index is 0.513. The summed E-state index contributed by atoms with van der Waals surface area (Å²) in [4.78, 5) is 7.08. The Morgan fingerprint density at radius 3 is 2.74 bits per heavy atom. The van der Waals surface area contributed by atoms with E-state index in [0.717, 1.165) is 25.6 Å². The van der Waals surface area contributed by atoms with E-state index < -0.39 is 0 Å². The molecule has 3 heteroatoms. The topological polar surface area (TPSA) is 28.2 Å². The summed E-state index contributed by atoms with van der Waals surface area (Å²) in [6.07, 6.45) is 5.85. The molecule has 0 aromatic carbocycles. The summed E-state index contributed by atoms with van der Waals surface area (Å²) in [5.74, 6) is 2.10. The number of hydrogen-bond acceptors (Lipinski definition) is 3. The highest BCUT2D eigenvalue weighted by atomic mass is 15.2. The van der Waals surface area contributed by atoms with Gasteiger partial charge in [0.1, 0.15) is 5.82 Å². The zero-order chi connectivity index (χ0) is 13.7. The van der Waals surface area contributed by atoms with Crippen molar-refractivity contribution in [1.82, 2.24) is 10.3 Å². The average Bonchev–Trinajstić information content (AvgIpc) is 2.45. The molecule has 0 radical (unpaired) electrons. The van der Waals surface area contributed by atoms with Crippen molar-refractivity contribution in [2.24, 2.45) is 5.92 Å². The number of pyridine rings is 1. The molecule has 1 N–H and O–H groups in total. The predicted octanol–water partition coefficient (Wildman–Crippen LogP) is 3.21. The maximum absolute atomic E-state index is 4.62. The van der Waals surface area contributed by atoms with Gasteiger partial charge in [-0.1, -0.05) is 33.3 Å². The first-order valence-corrected chi connectivity index (χ1v) is 7.63. The van der Waals surface area contributed by atoms with Gasteiger partial charge in [0.25, 0.3) is 0 Å². The second-order valence-corrected chi connectivity index (χ2v) is 5.86. The summed E-state index contributed by atoms with van der Waals surface area (Å²) in [6.45, 7) is 9.90. The molecule has 1 aromatic heterocycles. The van der Waals surface area contributed by atoms with Gasteiger partial charge in [0.15, 0.2) is 0 Å². The van der Waals surface area contributed by atoms with Crippen molar-refractivity contribution in [2.45, 2.75) is 52.6 Å². The average molecular weight is 261 g/mol. The smallest absolute Gasteiger partial charge is 0.133 e. The van der Waals surface area contributed by atoms with Crippen LogP contribution in [-0.4, -0.2) is 24.1 Å². The van der Waals surface area contributed by atoms with E-state index in [1.54, 1.807) is 0 Å². The van der Waals surface area contributed by atoms with E-state index in [4.69, 9.17) is 0 Å². The van der Waals surface area contributed by atoms with Crippen molar-refractivity contribution >= 4 is 5.82 Å². The number of anilines is 1. The van der Waals surface area contributed by atoms with Gasteiger partial charge in [0.05, 0.1) is 0 Å². The molecule has 1 fully saturated rings. The lowest BCUT2D eigenvalue weighted by atomic mass is 9.94. The highest BCUT2D eigenvalue weighted by Crippen LogP contribution is 2.25. The SMILES string of the molecule is CCC1CCN(c2ncccc2CNC(C)C)CC1. The van der Waals surface area contributed by atoms with Gasteiger partial charge in [-0.2, -0.15) is 0 Å². The predicted molar refractivity (Wildman–Crippen MR) is 81.4 cm³/mol. The molecule has 0 saturated carbocycles. The van der Waals surface area contributed by atoms with Gasteiger partial charge in [-0.05, 0) is 24.8 Å². The monoisotopic (exact) mass is 261 g/mol. The van der Waals surface area contributed by atoms with Crippen LogP contribution in [0.4, 0.5) is 5.82 Å². The molecule has 0 bridgehead atoms. The van der Waals surface area contributed by atoms with Crippen LogP contribution in [0.3, 0.4) is 0 Å². The Morgan fingerprint density at radius 2 is 2.11 bits per heavy atom. The largest absolute Gasteiger partial charge is 0.356 e. The van der Waals surface area contributed by atoms with Crippen molar-refractivity contribution in [3.05, 3.63) is 23.9 Å². The molecular formula is C16H27N3. The Labute approximate surface area is 117 Å². The van der Waals surface area contributed by atoms with Gasteiger partial charge in [-0.15, -0.1) is 0 Å².